The largest absolute Gasteiger partial charge is 0.325 e. The molecule has 0 aliphatic carbocycles. The minimum absolute atomic E-state index is 0.0695. The molecule has 0 bridgehead atoms. The molecule has 0 radical (unpaired) electrons. The normalized spacial score (nSPS) is 20.1. The van der Waals surface area contributed by atoms with Gasteiger partial charge in [0.25, 0.3) is 0 Å². The topological polar surface area (TPSA) is 44.4 Å². The van der Waals surface area contributed by atoms with Crippen molar-refractivity contribution in [1.82, 2.24) is 10.2 Å². The average molecular weight is 275 g/mol. The summed E-state index contributed by atoms with van der Waals surface area (Å²) in [5.74, 6) is 0.542. The predicted molar refractivity (Wildman–Crippen MR) is 83.1 cm³/mol. The number of piperazine rings is 1. The fraction of sp³-hybridized carbons (Fsp3) is 0.562. The monoisotopic (exact) mass is 275 g/mol. The van der Waals surface area contributed by atoms with Crippen molar-refractivity contribution >= 4 is 11.6 Å². The molecule has 110 valence electrons. The Morgan fingerprint density at radius 3 is 3.00 bits per heavy atom. The van der Waals surface area contributed by atoms with E-state index in [1.54, 1.807) is 0 Å². The van der Waals surface area contributed by atoms with E-state index in [9.17, 15) is 4.79 Å². The first-order chi connectivity index (χ1) is 9.54. The summed E-state index contributed by atoms with van der Waals surface area (Å²) in [7, 11) is 0. The van der Waals surface area contributed by atoms with Crippen LogP contribution in [0.15, 0.2) is 24.3 Å². The molecule has 1 aliphatic rings. The highest BCUT2D eigenvalue weighted by molar-refractivity contribution is 5.92. The van der Waals surface area contributed by atoms with Crippen LogP contribution >= 0.6 is 0 Å². The summed E-state index contributed by atoms with van der Waals surface area (Å²) in [6, 6.07) is 8.56. The van der Waals surface area contributed by atoms with Crippen LogP contribution in [0, 0.1) is 0 Å². The lowest BCUT2D eigenvalue weighted by Gasteiger charge is -2.31. The number of nitrogens with one attached hydrogen (secondary N) is 2. The molecule has 0 aromatic heterocycles. The number of rotatable bonds is 4. The molecule has 4 heteroatoms. The Kier molecular flexibility index (Phi) is 5.15. The standard InChI is InChI=1S/C16H25N3O/c1-12(2)14-5-4-6-15(9-14)18-16(20)11-19-8-7-17-13(3)10-19/h4-6,9,12-13,17H,7-8,10-11H2,1-3H3,(H,18,20)/t13-/m0/s1. The third-order valence-electron chi connectivity index (χ3n) is 3.66. The Labute approximate surface area is 121 Å². The van der Waals surface area contributed by atoms with Crippen LogP contribution in [0.4, 0.5) is 5.69 Å². The first kappa shape index (κ1) is 15.0. The molecular weight excluding hydrogens is 250 g/mol. The number of hydrogen-bond donors (Lipinski definition) is 2. The second-order valence-electron chi connectivity index (χ2n) is 5.92. The van der Waals surface area contributed by atoms with Gasteiger partial charge < -0.3 is 10.6 Å². The van der Waals surface area contributed by atoms with Crippen molar-refractivity contribution in [3.05, 3.63) is 29.8 Å². The quantitative estimate of drug-likeness (QED) is 0.884. The van der Waals surface area contributed by atoms with E-state index in [0.717, 1.165) is 25.3 Å². The molecule has 2 N–H and O–H groups in total. The molecule has 1 amide bonds. The highest BCUT2D eigenvalue weighted by Crippen LogP contribution is 2.18. The number of carbonyl (C=O) groups excluding carboxylic acids is 1. The third-order valence-corrected chi connectivity index (χ3v) is 3.66. The van der Waals surface area contributed by atoms with Crippen LogP contribution in [0.3, 0.4) is 0 Å². The summed E-state index contributed by atoms with van der Waals surface area (Å²) in [5, 5.41) is 6.38. The maximum absolute atomic E-state index is 12.1. The van der Waals surface area contributed by atoms with Crippen LogP contribution in [0.1, 0.15) is 32.3 Å². The Bertz CT molecular complexity index is 459. The van der Waals surface area contributed by atoms with Gasteiger partial charge in [-0.3, -0.25) is 9.69 Å². The molecule has 0 spiro atoms. The summed E-state index contributed by atoms with van der Waals surface area (Å²) >= 11 is 0. The van der Waals surface area contributed by atoms with Gasteiger partial charge in [-0.25, -0.2) is 0 Å². The number of nitrogens with zero attached hydrogens (tertiary/aromatic N) is 1. The molecule has 1 fully saturated rings. The first-order valence-electron chi connectivity index (χ1n) is 7.40. The van der Waals surface area contributed by atoms with Gasteiger partial charge in [0.2, 0.25) is 5.91 Å². The van der Waals surface area contributed by atoms with E-state index in [0.29, 0.717) is 18.5 Å². The number of carbonyl (C=O) groups is 1. The van der Waals surface area contributed by atoms with Crippen molar-refractivity contribution in [3.63, 3.8) is 0 Å². The molecule has 2 rings (SSSR count). The van der Waals surface area contributed by atoms with Crippen LogP contribution in [-0.2, 0) is 4.79 Å². The number of hydrogen-bond acceptors (Lipinski definition) is 3. The molecule has 4 nitrogen and oxygen atoms in total. The van der Waals surface area contributed by atoms with Gasteiger partial charge in [0.05, 0.1) is 6.54 Å². The number of anilines is 1. The van der Waals surface area contributed by atoms with Gasteiger partial charge in [-0.05, 0) is 30.5 Å². The van der Waals surface area contributed by atoms with Gasteiger partial charge in [-0.15, -0.1) is 0 Å². The molecule has 1 aromatic carbocycles. The Hall–Kier alpha value is -1.39. The third kappa shape index (κ3) is 4.32. The van der Waals surface area contributed by atoms with Gasteiger partial charge >= 0.3 is 0 Å². The fourth-order valence-corrected chi connectivity index (χ4v) is 2.53. The predicted octanol–water partition coefficient (Wildman–Crippen LogP) is 2.04. The fourth-order valence-electron chi connectivity index (χ4n) is 2.53. The Balaban J connectivity index is 1.89. The average Bonchev–Trinajstić information content (AvgIpc) is 2.38. The van der Waals surface area contributed by atoms with Crippen molar-refractivity contribution in [2.45, 2.75) is 32.7 Å². The van der Waals surface area contributed by atoms with Gasteiger partial charge in [-0.2, -0.15) is 0 Å². The maximum Gasteiger partial charge on any atom is 0.238 e. The van der Waals surface area contributed by atoms with E-state index < -0.39 is 0 Å². The summed E-state index contributed by atoms with van der Waals surface area (Å²) in [6.07, 6.45) is 0. The smallest absolute Gasteiger partial charge is 0.238 e. The lowest BCUT2D eigenvalue weighted by molar-refractivity contribution is -0.117. The van der Waals surface area contributed by atoms with E-state index in [4.69, 9.17) is 0 Å². The van der Waals surface area contributed by atoms with Crippen LogP contribution in [0.5, 0.6) is 0 Å². The summed E-state index contributed by atoms with van der Waals surface area (Å²) < 4.78 is 0. The second-order valence-corrected chi connectivity index (χ2v) is 5.92. The second kappa shape index (κ2) is 6.86. The van der Waals surface area contributed by atoms with Crippen molar-refractivity contribution in [2.24, 2.45) is 0 Å². The van der Waals surface area contributed by atoms with Crippen LogP contribution in [0.25, 0.3) is 0 Å². The molecule has 0 unspecified atom stereocenters. The molecule has 1 atom stereocenters. The summed E-state index contributed by atoms with van der Waals surface area (Å²) in [5.41, 5.74) is 2.14. The molecule has 1 heterocycles. The van der Waals surface area contributed by atoms with Crippen LogP contribution in [0.2, 0.25) is 0 Å². The zero-order valence-electron chi connectivity index (χ0n) is 12.6. The van der Waals surface area contributed by atoms with Gasteiger partial charge in [0, 0.05) is 31.4 Å². The zero-order valence-corrected chi connectivity index (χ0v) is 12.6. The van der Waals surface area contributed by atoms with Gasteiger partial charge in [0.15, 0.2) is 0 Å². The van der Waals surface area contributed by atoms with Crippen LogP contribution in [-0.4, -0.2) is 43.0 Å². The van der Waals surface area contributed by atoms with Crippen LogP contribution < -0.4 is 10.6 Å². The maximum atomic E-state index is 12.1. The van der Waals surface area contributed by atoms with Crippen molar-refractivity contribution in [1.29, 1.82) is 0 Å². The molecule has 20 heavy (non-hydrogen) atoms. The summed E-state index contributed by atoms with van der Waals surface area (Å²) in [4.78, 5) is 14.3. The summed E-state index contributed by atoms with van der Waals surface area (Å²) in [6.45, 7) is 9.75. The van der Waals surface area contributed by atoms with E-state index in [2.05, 4.69) is 48.4 Å². The molecule has 1 saturated heterocycles. The zero-order chi connectivity index (χ0) is 14.5. The van der Waals surface area contributed by atoms with Crippen molar-refractivity contribution < 1.29 is 4.79 Å². The molecule has 0 saturated carbocycles. The molecule has 1 aliphatic heterocycles. The van der Waals surface area contributed by atoms with E-state index in [1.165, 1.54) is 5.56 Å². The minimum atomic E-state index is 0.0695. The molecule has 1 aromatic rings. The Morgan fingerprint density at radius 2 is 2.30 bits per heavy atom. The highest BCUT2D eigenvalue weighted by atomic mass is 16.2. The lowest BCUT2D eigenvalue weighted by Crippen LogP contribution is -2.51. The first-order valence-corrected chi connectivity index (χ1v) is 7.40. The van der Waals surface area contributed by atoms with Crippen molar-refractivity contribution in [2.75, 3.05) is 31.5 Å². The highest BCUT2D eigenvalue weighted by Gasteiger charge is 2.17. The number of benzene rings is 1. The van der Waals surface area contributed by atoms with Gasteiger partial charge in [0.1, 0.15) is 0 Å². The van der Waals surface area contributed by atoms with E-state index in [1.807, 2.05) is 12.1 Å². The van der Waals surface area contributed by atoms with Crippen molar-refractivity contribution in [3.8, 4) is 0 Å². The Morgan fingerprint density at radius 1 is 1.50 bits per heavy atom. The molecular formula is C16H25N3O. The van der Waals surface area contributed by atoms with E-state index >= 15 is 0 Å². The SMILES string of the molecule is CC(C)c1cccc(NC(=O)CN2CCN[C@@H](C)C2)c1. The number of amides is 1. The lowest BCUT2D eigenvalue weighted by atomic mass is 10.0. The minimum Gasteiger partial charge on any atom is -0.325 e. The van der Waals surface area contributed by atoms with Gasteiger partial charge in [-0.1, -0.05) is 26.0 Å². The van der Waals surface area contributed by atoms with E-state index in [-0.39, 0.29) is 5.91 Å².